The van der Waals surface area contributed by atoms with Crippen molar-refractivity contribution in [1.29, 1.82) is 0 Å². The van der Waals surface area contributed by atoms with Gasteiger partial charge in [-0.2, -0.15) is 0 Å². The lowest BCUT2D eigenvalue weighted by Crippen LogP contribution is -2.34. The molecule has 13 heavy (non-hydrogen) atoms. The quantitative estimate of drug-likeness (QED) is 0.515. The number of carbonyl (C=O) groups is 2. The molecule has 1 aliphatic heterocycles. The minimum absolute atomic E-state index is 0.0579. The largest absolute Gasteiger partial charge is 0.464 e. The number of hydrogen-bond donors (Lipinski definition) is 1. The zero-order valence-corrected chi connectivity index (χ0v) is 7.84. The number of rotatable bonds is 4. The normalized spacial score (nSPS) is 21.3. The average molecular weight is 185 g/mol. The molecule has 0 bridgehead atoms. The molecule has 1 heterocycles. The van der Waals surface area contributed by atoms with Crippen LogP contribution in [0.5, 0.6) is 0 Å². The molecular weight excluding hydrogens is 170 g/mol. The summed E-state index contributed by atoms with van der Waals surface area (Å²) in [5.74, 6) is -0.350. The summed E-state index contributed by atoms with van der Waals surface area (Å²) in [6, 6.07) is -0.399. The first-order valence-corrected chi connectivity index (χ1v) is 4.70. The second-order valence-corrected chi connectivity index (χ2v) is 3.18. The van der Waals surface area contributed by atoms with Gasteiger partial charge in [-0.3, -0.25) is 4.79 Å². The van der Waals surface area contributed by atoms with Crippen molar-refractivity contribution >= 4 is 11.9 Å². The van der Waals surface area contributed by atoms with E-state index in [9.17, 15) is 9.59 Å². The number of unbranched alkanes of at least 4 members (excludes halogenated alkanes) is 1. The molecule has 1 aliphatic rings. The Morgan fingerprint density at radius 3 is 3.00 bits per heavy atom. The Hall–Kier alpha value is -1.06. The fourth-order valence-electron chi connectivity index (χ4n) is 1.21. The number of carbonyl (C=O) groups excluding carboxylic acids is 2. The van der Waals surface area contributed by atoms with Crippen molar-refractivity contribution in [2.24, 2.45) is 0 Å². The van der Waals surface area contributed by atoms with Crippen LogP contribution in [-0.4, -0.2) is 24.5 Å². The van der Waals surface area contributed by atoms with Gasteiger partial charge in [0.2, 0.25) is 5.91 Å². The van der Waals surface area contributed by atoms with E-state index in [4.69, 9.17) is 4.74 Å². The van der Waals surface area contributed by atoms with Gasteiger partial charge < -0.3 is 10.1 Å². The number of hydrogen-bond acceptors (Lipinski definition) is 3. The molecular formula is C9H15NO3. The van der Waals surface area contributed by atoms with Crippen LogP contribution in [0.1, 0.15) is 32.6 Å². The summed E-state index contributed by atoms with van der Waals surface area (Å²) in [7, 11) is 0. The van der Waals surface area contributed by atoms with E-state index in [0.29, 0.717) is 19.4 Å². The molecule has 1 atom stereocenters. The topological polar surface area (TPSA) is 55.4 Å². The highest BCUT2D eigenvalue weighted by molar-refractivity contribution is 5.87. The zero-order chi connectivity index (χ0) is 9.68. The molecule has 1 fully saturated rings. The van der Waals surface area contributed by atoms with E-state index in [1.165, 1.54) is 0 Å². The first-order valence-electron chi connectivity index (χ1n) is 4.70. The standard InChI is InChI=1S/C9H15NO3/c1-2-3-6-13-9(12)7-4-5-8(11)10-7/h7H,2-6H2,1H3,(H,10,11)/t7-/m0/s1. The first-order chi connectivity index (χ1) is 6.24. The highest BCUT2D eigenvalue weighted by atomic mass is 16.5. The van der Waals surface area contributed by atoms with Crippen LogP contribution in [0.2, 0.25) is 0 Å². The summed E-state index contributed by atoms with van der Waals surface area (Å²) in [4.78, 5) is 22.0. The van der Waals surface area contributed by atoms with Crippen LogP contribution in [0.3, 0.4) is 0 Å². The van der Waals surface area contributed by atoms with E-state index >= 15 is 0 Å². The second-order valence-electron chi connectivity index (χ2n) is 3.18. The molecule has 1 N–H and O–H groups in total. The van der Waals surface area contributed by atoms with E-state index in [1.807, 2.05) is 6.92 Å². The average Bonchev–Trinajstić information content (AvgIpc) is 2.52. The monoisotopic (exact) mass is 185 g/mol. The van der Waals surface area contributed by atoms with E-state index in [1.54, 1.807) is 0 Å². The molecule has 0 saturated carbocycles. The molecule has 1 rings (SSSR count). The smallest absolute Gasteiger partial charge is 0.328 e. The van der Waals surface area contributed by atoms with E-state index in [0.717, 1.165) is 12.8 Å². The molecule has 0 aromatic heterocycles. The zero-order valence-electron chi connectivity index (χ0n) is 7.84. The van der Waals surface area contributed by atoms with Crippen LogP contribution >= 0.6 is 0 Å². The Bertz CT molecular complexity index is 203. The molecule has 0 radical (unpaired) electrons. The van der Waals surface area contributed by atoms with Crippen LogP contribution in [0.25, 0.3) is 0 Å². The van der Waals surface area contributed by atoms with Crippen molar-refractivity contribution in [3.05, 3.63) is 0 Å². The molecule has 1 amide bonds. The van der Waals surface area contributed by atoms with Crippen molar-refractivity contribution in [2.45, 2.75) is 38.6 Å². The van der Waals surface area contributed by atoms with E-state index < -0.39 is 6.04 Å². The third-order valence-electron chi connectivity index (χ3n) is 2.02. The van der Waals surface area contributed by atoms with Gasteiger partial charge in [0.15, 0.2) is 0 Å². The molecule has 0 aromatic carbocycles. The Kier molecular flexibility index (Phi) is 3.73. The van der Waals surface area contributed by atoms with Gasteiger partial charge in [0.25, 0.3) is 0 Å². The van der Waals surface area contributed by atoms with Gasteiger partial charge in [-0.1, -0.05) is 13.3 Å². The Balaban J connectivity index is 2.20. The minimum atomic E-state index is -0.399. The lowest BCUT2D eigenvalue weighted by Gasteiger charge is -2.09. The van der Waals surface area contributed by atoms with E-state index in [2.05, 4.69) is 5.32 Å². The SMILES string of the molecule is CCCCOC(=O)[C@@H]1CCC(=O)N1. The van der Waals surface area contributed by atoms with Crippen LogP contribution in [-0.2, 0) is 14.3 Å². The maximum Gasteiger partial charge on any atom is 0.328 e. The Labute approximate surface area is 77.6 Å². The van der Waals surface area contributed by atoms with Crippen molar-refractivity contribution in [3.63, 3.8) is 0 Å². The molecule has 74 valence electrons. The highest BCUT2D eigenvalue weighted by Crippen LogP contribution is 2.08. The Morgan fingerprint density at radius 1 is 1.69 bits per heavy atom. The number of nitrogens with one attached hydrogen (secondary N) is 1. The summed E-state index contributed by atoms with van der Waals surface area (Å²) in [6.45, 7) is 2.49. The maximum atomic E-state index is 11.2. The molecule has 0 aliphatic carbocycles. The first kappa shape index (κ1) is 10.0. The van der Waals surface area contributed by atoms with Gasteiger partial charge in [-0.25, -0.2) is 4.79 Å². The van der Waals surface area contributed by atoms with Crippen LogP contribution < -0.4 is 5.32 Å². The molecule has 1 saturated heterocycles. The fourth-order valence-corrected chi connectivity index (χ4v) is 1.21. The molecule has 4 heteroatoms. The second kappa shape index (κ2) is 4.84. The third kappa shape index (κ3) is 3.05. The molecule has 0 unspecified atom stereocenters. The van der Waals surface area contributed by atoms with Crippen molar-refractivity contribution in [2.75, 3.05) is 6.61 Å². The van der Waals surface area contributed by atoms with Gasteiger partial charge in [-0.15, -0.1) is 0 Å². The summed E-state index contributed by atoms with van der Waals surface area (Å²) in [5, 5.41) is 2.57. The number of amides is 1. The van der Waals surface area contributed by atoms with Gasteiger partial charge in [-0.05, 0) is 12.8 Å². The van der Waals surface area contributed by atoms with Crippen molar-refractivity contribution in [1.82, 2.24) is 5.32 Å². The summed E-state index contributed by atoms with van der Waals surface area (Å²) in [5.41, 5.74) is 0. The molecule has 0 spiro atoms. The summed E-state index contributed by atoms with van der Waals surface area (Å²) < 4.78 is 4.96. The predicted octanol–water partition coefficient (Wildman–Crippen LogP) is 0.608. The lowest BCUT2D eigenvalue weighted by molar-refractivity contribution is -0.146. The van der Waals surface area contributed by atoms with Crippen LogP contribution in [0, 0.1) is 0 Å². The number of esters is 1. The fraction of sp³-hybridized carbons (Fsp3) is 0.778. The van der Waals surface area contributed by atoms with Crippen molar-refractivity contribution < 1.29 is 14.3 Å². The van der Waals surface area contributed by atoms with Gasteiger partial charge >= 0.3 is 5.97 Å². The summed E-state index contributed by atoms with van der Waals surface area (Å²) >= 11 is 0. The molecule has 0 aromatic rings. The summed E-state index contributed by atoms with van der Waals surface area (Å²) in [6.07, 6.45) is 2.90. The maximum absolute atomic E-state index is 11.2. The van der Waals surface area contributed by atoms with Crippen LogP contribution in [0.15, 0.2) is 0 Å². The van der Waals surface area contributed by atoms with Crippen molar-refractivity contribution in [3.8, 4) is 0 Å². The highest BCUT2D eigenvalue weighted by Gasteiger charge is 2.28. The predicted molar refractivity (Wildman–Crippen MR) is 47.0 cm³/mol. The number of ether oxygens (including phenoxy) is 1. The van der Waals surface area contributed by atoms with Gasteiger partial charge in [0, 0.05) is 6.42 Å². The van der Waals surface area contributed by atoms with Gasteiger partial charge in [0.05, 0.1) is 6.61 Å². The minimum Gasteiger partial charge on any atom is -0.464 e. The van der Waals surface area contributed by atoms with E-state index in [-0.39, 0.29) is 11.9 Å². The van der Waals surface area contributed by atoms with Gasteiger partial charge in [0.1, 0.15) is 6.04 Å². The third-order valence-corrected chi connectivity index (χ3v) is 2.02. The lowest BCUT2D eigenvalue weighted by atomic mass is 10.2. The Morgan fingerprint density at radius 2 is 2.46 bits per heavy atom. The van der Waals surface area contributed by atoms with Crippen LogP contribution in [0.4, 0.5) is 0 Å². The molecule has 4 nitrogen and oxygen atoms in total.